The molecule has 1 aliphatic heterocycles. The lowest BCUT2D eigenvalue weighted by atomic mass is 9.93. The van der Waals surface area contributed by atoms with Gasteiger partial charge in [0.15, 0.2) is 17.1 Å². The molecule has 3 rings (SSSR count). The zero-order valence-corrected chi connectivity index (χ0v) is 15.9. The average molecular weight is 381 g/mol. The summed E-state index contributed by atoms with van der Waals surface area (Å²) in [6, 6.07) is 13.1. The van der Waals surface area contributed by atoms with E-state index < -0.39 is 11.6 Å². The van der Waals surface area contributed by atoms with Crippen molar-refractivity contribution < 1.29 is 24.2 Å². The van der Waals surface area contributed by atoms with Crippen molar-refractivity contribution in [3.8, 4) is 11.5 Å². The van der Waals surface area contributed by atoms with Crippen LogP contribution in [-0.2, 0) is 16.2 Å². The number of fused-ring (bicyclic) bond motifs is 1. The standard InChI is InChI=1S/C22H23NO5/c1-3-22(4-2)21(26)23-17-12-16(10-11-19(24)25)13-18(20(17)28-22)27-14-15-8-6-5-7-9-15/h5-13H,3-4,14H2,1-2H3,(H,23,26)(H,24,25)/b11-10+. The maximum Gasteiger partial charge on any atom is 0.328 e. The van der Waals surface area contributed by atoms with Gasteiger partial charge in [0.2, 0.25) is 0 Å². The first-order valence-electron chi connectivity index (χ1n) is 9.23. The predicted molar refractivity (Wildman–Crippen MR) is 106 cm³/mol. The van der Waals surface area contributed by atoms with Gasteiger partial charge in [-0.2, -0.15) is 0 Å². The third-order valence-electron chi connectivity index (χ3n) is 4.83. The average Bonchev–Trinajstić information content (AvgIpc) is 2.71. The molecule has 0 spiro atoms. The maximum atomic E-state index is 12.6. The summed E-state index contributed by atoms with van der Waals surface area (Å²) in [6.45, 7) is 4.13. The first kappa shape index (κ1) is 19.5. The molecule has 6 nitrogen and oxygen atoms in total. The summed E-state index contributed by atoms with van der Waals surface area (Å²) in [5, 5.41) is 11.8. The topological polar surface area (TPSA) is 84.9 Å². The molecule has 1 aliphatic rings. The van der Waals surface area contributed by atoms with Crippen molar-refractivity contribution in [3.05, 3.63) is 59.7 Å². The normalized spacial score (nSPS) is 14.9. The third-order valence-corrected chi connectivity index (χ3v) is 4.83. The van der Waals surface area contributed by atoms with Gasteiger partial charge < -0.3 is 19.9 Å². The lowest BCUT2D eigenvalue weighted by Crippen LogP contribution is -2.50. The van der Waals surface area contributed by atoms with Crippen LogP contribution in [0.15, 0.2) is 48.5 Å². The van der Waals surface area contributed by atoms with Crippen LogP contribution in [-0.4, -0.2) is 22.6 Å². The first-order valence-corrected chi connectivity index (χ1v) is 9.23. The summed E-state index contributed by atoms with van der Waals surface area (Å²) >= 11 is 0. The third kappa shape index (κ3) is 4.01. The quantitative estimate of drug-likeness (QED) is 0.700. The molecule has 6 heteroatoms. The van der Waals surface area contributed by atoms with Crippen molar-refractivity contribution in [2.45, 2.75) is 38.9 Å². The van der Waals surface area contributed by atoms with Crippen LogP contribution in [0.1, 0.15) is 37.8 Å². The van der Waals surface area contributed by atoms with Crippen molar-refractivity contribution in [1.82, 2.24) is 0 Å². The molecule has 2 aromatic carbocycles. The number of carboxylic acids is 1. The van der Waals surface area contributed by atoms with Gasteiger partial charge in [-0.3, -0.25) is 4.79 Å². The highest BCUT2D eigenvalue weighted by Crippen LogP contribution is 2.44. The number of ether oxygens (including phenoxy) is 2. The fraction of sp³-hybridized carbons (Fsp3) is 0.273. The van der Waals surface area contributed by atoms with E-state index in [2.05, 4.69) is 5.32 Å². The molecule has 146 valence electrons. The van der Waals surface area contributed by atoms with E-state index in [-0.39, 0.29) is 5.91 Å². The van der Waals surface area contributed by atoms with Crippen LogP contribution in [0.3, 0.4) is 0 Å². The number of amides is 1. The number of benzene rings is 2. The molecule has 0 fully saturated rings. The van der Waals surface area contributed by atoms with Crippen molar-refractivity contribution in [2.75, 3.05) is 5.32 Å². The molecule has 0 bridgehead atoms. The largest absolute Gasteiger partial charge is 0.485 e. The Kier molecular flexibility index (Phi) is 5.68. The van der Waals surface area contributed by atoms with Crippen LogP contribution in [0.5, 0.6) is 11.5 Å². The molecular weight excluding hydrogens is 358 g/mol. The Balaban J connectivity index is 2.00. The van der Waals surface area contributed by atoms with Gasteiger partial charge in [0.1, 0.15) is 6.61 Å². The highest BCUT2D eigenvalue weighted by molar-refractivity contribution is 6.01. The van der Waals surface area contributed by atoms with Crippen LogP contribution >= 0.6 is 0 Å². The van der Waals surface area contributed by atoms with Crippen molar-refractivity contribution in [1.29, 1.82) is 0 Å². The number of rotatable bonds is 7. The first-order chi connectivity index (χ1) is 13.5. The molecule has 2 aromatic rings. The van der Waals surface area contributed by atoms with Crippen molar-refractivity contribution >= 4 is 23.6 Å². The van der Waals surface area contributed by atoms with Crippen LogP contribution in [0.4, 0.5) is 5.69 Å². The van der Waals surface area contributed by atoms with Gasteiger partial charge in [-0.1, -0.05) is 44.2 Å². The number of carbonyl (C=O) groups is 2. The summed E-state index contributed by atoms with van der Waals surface area (Å²) in [7, 11) is 0. The Labute approximate surface area is 163 Å². The van der Waals surface area contributed by atoms with Gasteiger partial charge in [0.05, 0.1) is 5.69 Å². The summed E-state index contributed by atoms with van der Waals surface area (Å²) in [6.07, 6.45) is 3.53. The van der Waals surface area contributed by atoms with E-state index in [4.69, 9.17) is 14.6 Å². The molecule has 0 radical (unpaired) electrons. The number of hydrogen-bond acceptors (Lipinski definition) is 4. The zero-order chi connectivity index (χ0) is 20.1. The molecule has 2 N–H and O–H groups in total. The number of aliphatic carboxylic acids is 1. The monoisotopic (exact) mass is 381 g/mol. The molecule has 0 unspecified atom stereocenters. The zero-order valence-electron chi connectivity index (χ0n) is 15.9. The second-order valence-electron chi connectivity index (χ2n) is 6.60. The van der Waals surface area contributed by atoms with Crippen molar-refractivity contribution in [3.63, 3.8) is 0 Å². The number of anilines is 1. The number of nitrogens with one attached hydrogen (secondary N) is 1. The Morgan fingerprint density at radius 1 is 1.21 bits per heavy atom. The van der Waals surface area contributed by atoms with Gasteiger partial charge in [-0.05, 0) is 42.2 Å². The van der Waals surface area contributed by atoms with Gasteiger partial charge >= 0.3 is 5.97 Å². The minimum atomic E-state index is -1.05. The van der Waals surface area contributed by atoms with Gasteiger partial charge in [-0.15, -0.1) is 0 Å². The Morgan fingerprint density at radius 3 is 2.57 bits per heavy atom. The minimum Gasteiger partial charge on any atom is -0.485 e. The highest BCUT2D eigenvalue weighted by Gasteiger charge is 2.42. The van der Waals surface area contributed by atoms with E-state index in [1.54, 1.807) is 12.1 Å². The van der Waals surface area contributed by atoms with Crippen LogP contribution < -0.4 is 14.8 Å². The van der Waals surface area contributed by atoms with E-state index in [9.17, 15) is 9.59 Å². The van der Waals surface area contributed by atoms with E-state index in [1.807, 2.05) is 44.2 Å². The van der Waals surface area contributed by atoms with E-state index in [1.165, 1.54) is 6.08 Å². The van der Waals surface area contributed by atoms with Crippen LogP contribution in [0, 0.1) is 0 Å². The molecule has 1 amide bonds. The fourth-order valence-electron chi connectivity index (χ4n) is 3.12. The molecule has 1 heterocycles. The predicted octanol–water partition coefficient (Wildman–Crippen LogP) is 4.25. The Hall–Kier alpha value is -3.28. The molecule has 28 heavy (non-hydrogen) atoms. The van der Waals surface area contributed by atoms with Gasteiger partial charge in [-0.25, -0.2) is 4.79 Å². The summed E-state index contributed by atoms with van der Waals surface area (Å²) in [5.74, 6) is -0.344. The van der Waals surface area contributed by atoms with Crippen LogP contribution in [0.25, 0.3) is 6.08 Å². The fourth-order valence-corrected chi connectivity index (χ4v) is 3.12. The summed E-state index contributed by atoms with van der Waals surface area (Å²) < 4.78 is 12.2. The molecule has 0 saturated carbocycles. The van der Waals surface area contributed by atoms with E-state index in [0.717, 1.165) is 11.6 Å². The molecule has 0 aliphatic carbocycles. The maximum absolute atomic E-state index is 12.6. The van der Waals surface area contributed by atoms with Gasteiger partial charge in [0, 0.05) is 6.08 Å². The Bertz CT molecular complexity index is 901. The number of carboxylic acid groups (broad SMARTS) is 1. The SMILES string of the molecule is CCC1(CC)Oc2c(cc(/C=C/C(=O)O)cc2OCc2ccccc2)NC1=O. The van der Waals surface area contributed by atoms with Crippen molar-refractivity contribution in [2.24, 2.45) is 0 Å². The lowest BCUT2D eigenvalue weighted by Gasteiger charge is -2.37. The molecule has 0 atom stereocenters. The second-order valence-corrected chi connectivity index (χ2v) is 6.60. The molecular formula is C22H23NO5. The smallest absolute Gasteiger partial charge is 0.328 e. The summed E-state index contributed by atoms with van der Waals surface area (Å²) in [5.41, 5.74) is 1.10. The number of hydrogen-bond donors (Lipinski definition) is 2. The number of carbonyl (C=O) groups excluding carboxylic acids is 1. The Morgan fingerprint density at radius 2 is 1.93 bits per heavy atom. The van der Waals surface area contributed by atoms with Crippen LogP contribution in [0.2, 0.25) is 0 Å². The highest BCUT2D eigenvalue weighted by atomic mass is 16.5. The van der Waals surface area contributed by atoms with E-state index >= 15 is 0 Å². The van der Waals surface area contributed by atoms with E-state index in [0.29, 0.717) is 42.2 Å². The lowest BCUT2D eigenvalue weighted by molar-refractivity contribution is -0.133. The molecule has 0 saturated heterocycles. The summed E-state index contributed by atoms with van der Waals surface area (Å²) in [4.78, 5) is 23.5. The minimum absolute atomic E-state index is 0.210. The second kappa shape index (κ2) is 8.17. The molecule has 0 aromatic heterocycles. The van der Waals surface area contributed by atoms with Gasteiger partial charge in [0.25, 0.3) is 5.91 Å².